The molecule has 1 amide bonds. The first-order valence-corrected chi connectivity index (χ1v) is 9.34. The number of amides is 1. The van der Waals surface area contributed by atoms with Crippen molar-refractivity contribution in [2.24, 2.45) is 0 Å². The summed E-state index contributed by atoms with van der Waals surface area (Å²) >= 11 is 3.08. The maximum absolute atomic E-state index is 12.6. The molecule has 3 aromatic rings. The number of hydrogen-bond donors (Lipinski definition) is 0. The molecule has 2 heterocycles. The van der Waals surface area contributed by atoms with Crippen LogP contribution in [0.4, 0.5) is 0 Å². The topological polar surface area (TPSA) is 42.4 Å². The Morgan fingerprint density at radius 1 is 1.25 bits per heavy atom. The molecule has 6 heteroatoms. The SMILES string of the molecule is Cc1nc(-c2ccsc2)sc1C(=O)N(C)CCOc1ccccc1. The molecular formula is C18H18N2O2S2. The van der Waals surface area contributed by atoms with E-state index in [4.69, 9.17) is 4.74 Å². The second-order valence-corrected chi connectivity index (χ2v) is 7.11. The second-order valence-electron chi connectivity index (χ2n) is 5.33. The van der Waals surface area contributed by atoms with Crippen LogP contribution in [-0.4, -0.2) is 36.0 Å². The summed E-state index contributed by atoms with van der Waals surface area (Å²) in [4.78, 5) is 19.5. The third-order valence-electron chi connectivity index (χ3n) is 3.54. The van der Waals surface area contributed by atoms with Gasteiger partial charge in [0.05, 0.1) is 12.2 Å². The lowest BCUT2D eigenvalue weighted by atomic mass is 10.3. The number of carbonyl (C=O) groups excluding carboxylic acids is 1. The molecule has 24 heavy (non-hydrogen) atoms. The van der Waals surface area contributed by atoms with Gasteiger partial charge in [-0.3, -0.25) is 4.79 Å². The van der Waals surface area contributed by atoms with Crippen molar-refractivity contribution in [2.45, 2.75) is 6.92 Å². The molecular weight excluding hydrogens is 340 g/mol. The van der Waals surface area contributed by atoms with Crippen LogP contribution in [0.1, 0.15) is 15.4 Å². The van der Waals surface area contributed by atoms with Gasteiger partial charge >= 0.3 is 0 Å². The first-order chi connectivity index (χ1) is 11.6. The smallest absolute Gasteiger partial charge is 0.265 e. The van der Waals surface area contributed by atoms with Crippen molar-refractivity contribution in [3.63, 3.8) is 0 Å². The Bertz CT molecular complexity index is 798. The number of aromatic nitrogens is 1. The molecule has 4 nitrogen and oxygen atoms in total. The first-order valence-electron chi connectivity index (χ1n) is 7.58. The van der Waals surface area contributed by atoms with Gasteiger partial charge in [-0.05, 0) is 30.5 Å². The normalized spacial score (nSPS) is 10.6. The van der Waals surface area contributed by atoms with Gasteiger partial charge in [-0.15, -0.1) is 11.3 Å². The van der Waals surface area contributed by atoms with E-state index in [1.165, 1.54) is 11.3 Å². The Balaban J connectivity index is 1.61. The molecule has 124 valence electrons. The van der Waals surface area contributed by atoms with Gasteiger partial charge in [0.2, 0.25) is 0 Å². The number of thiazole rings is 1. The number of carbonyl (C=O) groups is 1. The average molecular weight is 358 g/mol. The summed E-state index contributed by atoms with van der Waals surface area (Å²) in [5.41, 5.74) is 1.85. The predicted octanol–water partition coefficient (Wildman–Crippen LogP) is 4.33. The van der Waals surface area contributed by atoms with Crippen molar-refractivity contribution in [2.75, 3.05) is 20.2 Å². The fraction of sp³-hybridized carbons (Fsp3) is 0.222. The summed E-state index contributed by atoms with van der Waals surface area (Å²) < 4.78 is 5.65. The van der Waals surface area contributed by atoms with Crippen LogP contribution in [-0.2, 0) is 0 Å². The number of para-hydroxylation sites is 1. The maximum atomic E-state index is 12.6. The van der Waals surface area contributed by atoms with Crippen molar-refractivity contribution in [3.05, 3.63) is 57.7 Å². The molecule has 0 spiro atoms. The fourth-order valence-electron chi connectivity index (χ4n) is 2.20. The highest BCUT2D eigenvalue weighted by atomic mass is 32.1. The van der Waals surface area contributed by atoms with Crippen molar-refractivity contribution in [1.29, 1.82) is 0 Å². The zero-order valence-electron chi connectivity index (χ0n) is 13.6. The van der Waals surface area contributed by atoms with Gasteiger partial charge in [0.15, 0.2) is 0 Å². The second kappa shape index (κ2) is 7.59. The Labute approximate surface area is 149 Å². The molecule has 3 rings (SSSR count). The van der Waals surface area contributed by atoms with E-state index >= 15 is 0 Å². The van der Waals surface area contributed by atoms with E-state index in [2.05, 4.69) is 4.98 Å². The van der Waals surface area contributed by atoms with E-state index in [0.29, 0.717) is 18.0 Å². The van der Waals surface area contributed by atoms with Gasteiger partial charge in [-0.2, -0.15) is 11.3 Å². The van der Waals surface area contributed by atoms with Crippen molar-refractivity contribution in [1.82, 2.24) is 9.88 Å². The van der Waals surface area contributed by atoms with Crippen LogP contribution >= 0.6 is 22.7 Å². The maximum Gasteiger partial charge on any atom is 0.265 e. The molecule has 0 saturated heterocycles. The third-order valence-corrected chi connectivity index (χ3v) is 5.42. The Hall–Kier alpha value is -2.18. The quantitative estimate of drug-likeness (QED) is 0.659. The van der Waals surface area contributed by atoms with Gasteiger partial charge in [-0.25, -0.2) is 4.98 Å². The van der Waals surface area contributed by atoms with E-state index in [9.17, 15) is 4.79 Å². The number of ether oxygens (including phenoxy) is 1. The van der Waals surface area contributed by atoms with Gasteiger partial charge in [-0.1, -0.05) is 18.2 Å². The predicted molar refractivity (Wildman–Crippen MR) is 99.1 cm³/mol. The highest BCUT2D eigenvalue weighted by molar-refractivity contribution is 7.17. The molecule has 0 aliphatic carbocycles. The van der Waals surface area contributed by atoms with Gasteiger partial charge in [0.1, 0.15) is 22.2 Å². The number of likely N-dealkylation sites (N-methyl/N-ethyl adjacent to an activating group) is 1. The van der Waals surface area contributed by atoms with Crippen molar-refractivity contribution in [3.8, 4) is 16.3 Å². The highest BCUT2D eigenvalue weighted by Gasteiger charge is 2.19. The molecule has 0 aliphatic rings. The summed E-state index contributed by atoms with van der Waals surface area (Å²) in [5, 5.41) is 4.95. The van der Waals surface area contributed by atoms with Crippen LogP contribution in [0.25, 0.3) is 10.6 Å². The zero-order valence-corrected chi connectivity index (χ0v) is 15.2. The summed E-state index contributed by atoms with van der Waals surface area (Å²) in [5.74, 6) is 0.801. The zero-order chi connectivity index (χ0) is 16.9. The summed E-state index contributed by atoms with van der Waals surface area (Å²) in [6, 6.07) is 11.6. The average Bonchev–Trinajstić information content (AvgIpc) is 3.24. The molecule has 0 unspecified atom stereocenters. The molecule has 0 N–H and O–H groups in total. The minimum atomic E-state index is -0.0110. The lowest BCUT2D eigenvalue weighted by molar-refractivity contribution is 0.0777. The van der Waals surface area contributed by atoms with E-state index in [1.54, 1.807) is 23.3 Å². The third kappa shape index (κ3) is 3.83. The van der Waals surface area contributed by atoms with Crippen molar-refractivity contribution < 1.29 is 9.53 Å². The number of aryl methyl sites for hydroxylation is 1. The molecule has 0 saturated carbocycles. The summed E-state index contributed by atoms with van der Waals surface area (Å²) in [6.45, 7) is 2.87. The number of thiophene rings is 1. The molecule has 2 aromatic heterocycles. The molecule has 0 atom stereocenters. The Morgan fingerprint density at radius 2 is 2.04 bits per heavy atom. The van der Waals surface area contributed by atoms with E-state index in [1.807, 2.05) is 54.1 Å². The number of benzene rings is 1. The molecule has 0 radical (unpaired) electrons. The minimum Gasteiger partial charge on any atom is -0.492 e. The number of rotatable bonds is 6. The van der Waals surface area contributed by atoms with Crippen LogP contribution in [0.3, 0.4) is 0 Å². The molecule has 0 aliphatic heterocycles. The summed E-state index contributed by atoms with van der Waals surface area (Å²) in [7, 11) is 1.79. The minimum absolute atomic E-state index is 0.0110. The van der Waals surface area contributed by atoms with Gasteiger partial charge in [0.25, 0.3) is 5.91 Å². The van der Waals surface area contributed by atoms with Crippen LogP contribution in [0.5, 0.6) is 5.75 Å². The fourth-order valence-corrected chi connectivity index (χ4v) is 3.97. The van der Waals surface area contributed by atoms with Crippen LogP contribution in [0.2, 0.25) is 0 Å². The molecule has 0 bridgehead atoms. The van der Waals surface area contributed by atoms with Gasteiger partial charge in [0, 0.05) is 18.0 Å². The van der Waals surface area contributed by atoms with Crippen LogP contribution < -0.4 is 4.74 Å². The Morgan fingerprint density at radius 3 is 2.75 bits per heavy atom. The number of nitrogens with zero attached hydrogens (tertiary/aromatic N) is 2. The molecule has 1 aromatic carbocycles. The van der Waals surface area contributed by atoms with E-state index in [-0.39, 0.29) is 5.91 Å². The Kier molecular flexibility index (Phi) is 5.27. The monoisotopic (exact) mass is 358 g/mol. The number of hydrogen-bond acceptors (Lipinski definition) is 5. The lowest BCUT2D eigenvalue weighted by Crippen LogP contribution is -2.30. The standard InChI is InChI=1S/C18H18N2O2S2/c1-13-16(24-17(19-13)14-8-11-23-12-14)18(21)20(2)9-10-22-15-6-4-3-5-7-15/h3-8,11-12H,9-10H2,1-2H3. The van der Waals surface area contributed by atoms with E-state index < -0.39 is 0 Å². The lowest BCUT2D eigenvalue weighted by Gasteiger charge is -2.16. The van der Waals surface area contributed by atoms with Crippen LogP contribution in [0.15, 0.2) is 47.2 Å². The van der Waals surface area contributed by atoms with E-state index in [0.717, 1.165) is 22.0 Å². The van der Waals surface area contributed by atoms with Crippen LogP contribution in [0, 0.1) is 6.92 Å². The molecule has 0 fully saturated rings. The summed E-state index contributed by atoms with van der Waals surface area (Å²) in [6.07, 6.45) is 0. The van der Waals surface area contributed by atoms with Gasteiger partial charge < -0.3 is 9.64 Å². The highest BCUT2D eigenvalue weighted by Crippen LogP contribution is 2.29. The largest absolute Gasteiger partial charge is 0.492 e. The first kappa shape index (κ1) is 16.7. The van der Waals surface area contributed by atoms with Crippen molar-refractivity contribution >= 4 is 28.6 Å².